The van der Waals surface area contributed by atoms with Crippen molar-refractivity contribution >= 4 is 17.3 Å². The van der Waals surface area contributed by atoms with Crippen LogP contribution >= 0.6 is 0 Å². The molecule has 160 valence electrons. The number of aromatic amines is 1. The van der Waals surface area contributed by atoms with Crippen LogP contribution in [0.3, 0.4) is 0 Å². The summed E-state index contributed by atoms with van der Waals surface area (Å²) in [7, 11) is 0. The summed E-state index contributed by atoms with van der Waals surface area (Å²) in [5.74, 6) is -2.58. The van der Waals surface area contributed by atoms with Crippen LogP contribution in [0.5, 0.6) is 0 Å². The van der Waals surface area contributed by atoms with Crippen LogP contribution in [0.4, 0.5) is 24.8 Å². The number of hydrogen-bond donors (Lipinski definition) is 2. The summed E-state index contributed by atoms with van der Waals surface area (Å²) in [4.78, 5) is 10.5. The monoisotopic (exact) mass is 422 g/mol. The minimum Gasteiger partial charge on any atom is -0.378 e. The molecule has 0 bridgehead atoms. The fourth-order valence-corrected chi connectivity index (χ4v) is 3.98. The molecule has 3 aromatic rings. The zero-order valence-corrected chi connectivity index (χ0v) is 16.1. The van der Waals surface area contributed by atoms with Gasteiger partial charge in [-0.15, -0.1) is 5.10 Å². The molecule has 0 aliphatic carbocycles. The molecule has 5 rings (SSSR count). The average Bonchev–Trinajstić information content (AvgIpc) is 3.37. The smallest absolute Gasteiger partial charge is 0.265 e. The van der Waals surface area contributed by atoms with Crippen molar-refractivity contribution in [1.29, 1.82) is 0 Å². The van der Waals surface area contributed by atoms with Gasteiger partial charge in [-0.05, 0) is 12.8 Å². The number of nitrogens with zero attached hydrogens (tertiary/aromatic N) is 6. The van der Waals surface area contributed by atoms with E-state index < -0.39 is 24.7 Å². The van der Waals surface area contributed by atoms with Gasteiger partial charge in [0, 0.05) is 31.3 Å². The van der Waals surface area contributed by atoms with Gasteiger partial charge < -0.3 is 15.0 Å². The highest BCUT2D eigenvalue weighted by molar-refractivity contribution is 5.85. The molecule has 2 fully saturated rings. The summed E-state index contributed by atoms with van der Waals surface area (Å²) in [6.07, 6.45) is 4.21. The maximum absolute atomic E-state index is 14.2. The molecule has 2 aliphatic rings. The van der Waals surface area contributed by atoms with Gasteiger partial charge in [0.05, 0.1) is 25.4 Å². The van der Waals surface area contributed by atoms with E-state index in [0.717, 1.165) is 0 Å². The number of alkyl halides is 3. The van der Waals surface area contributed by atoms with Crippen LogP contribution in [0.25, 0.3) is 16.9 Å². The van der Waals surface area contributed by atoms with E-state index in [-0.39, 0.29) is 19.0 Å². The molecule has 2 saturated heterocycles. The van der Waals surface area contributed by atoms with Crippen molar-refractivity contribution in [3.63, 3.8) is 0 Å². The Labute approximate surface area is 169 Å². The Balaban J connectivity index is 1.57. The van der Waals surface area contributed by atoms with E-state index in [1.807, 2.05) is 0 Å². The lowest BCUT2D eigenvalue weighted by Gasteiger charge is -2.34. The van der Waals surface area contributed by atoms with Gasteiger partial charge in [0.25, 0.3) is 5.92 Å². The highest BCUT2D eigenvalue weighted by atomic mass is 19.3. The van der Waals surface area contributed by atoms with E-state index in [9.17, 15) is 13.2 Å². The molecule has 0 aromatic carbocycles. The van der Waals surface area contributed by atoms with Crippen LogP contribution in [0.15, 0.2) is 18.7 Å². The Morgan fingerprint density at radius 3 is 3.00 bits per heavy atom. The van der Waals surface area contributed by atoms with Gasteiger partial charge in [-0.2, -0.15) is 14.6 Å². The Bertz CT molecular complexity index is 1020. The van der Waals surface area contributed by atoms with Gasteiger partial charge in [0.15, 0.2) is 5.65 Å². The summed E-state index contributed by atoms with van der Waals surface area (Å²) >= 11 is 0. The summed E-state index contributed by atoms with van der Waals surface area (Å²) < 4.78 is 49.1. The maximum atomic E-state index is 14.2. The van der Waals surface area contributed by atoms with E-state index in [1.165, 1.54) is 10.8 Å². The molecule has 0 saturated carbocycles. The first-order valence-electron chi connectivity index (χ1n) is 9.86. The summed E-state index contributed by atoms with van der Waals surface area (Å²) in [5.41, 5.74) is 1.99. The molecule has 30 heavy (non-hydrogen) atoms. The number of hydrogen-bond acceptors (Lipinski definition) is 7. The maximum Gasteiger partial charge on any atom is 0.265 e. The Morgan fingerprint density at radius 2 is 2.23 bits per heavy atom. The first-order valence-corrected chi connectivity index (χ1v) is 9.86. The van der Waals surface area contributed by atoms with Crippen molar-refractivity contribution in [2.75, 3.05) is 36.5 Å². The first kappa shape index (κ1) is 19.1. The second-order valence-corrected chi connectivity index (χ2v) is 7.64. The van der Waals surface area contributed by atoms with Crippen molar-refractivity contribution in [1.82, 2.24) is 29.8 Å². The molecule has 0 radical (unpaired) electrons. The normalized spacial score (nSPS) is 24.3. The van der Waals surface area contributed by atoms with Gasteiger partial charge in [-0.25, -0.2) is 18.2 Å². The summed E-state index contributed by atoms with van der Waals surface area (Å²) in [6.45, 7) is 0.488. The lowest BCUT2D eigenvalue weighted by Crippen LogP contribution is -2.43. The minimum atomic E-state index is -2.80. The number of H-pyrrole nitrogens is 1. The van der Waals surface area contributed by atoms with Gasteiger partial charge in [-0.3, -0.25) is 5.10 Å². The van der Waals surface area contributed by atoms with E-state index in [1.54, 1.807) is 17.3 Å². The summed E-state index contributed by atoms with van der Waals surface area (Å²) in [5, 5.41) is 14.0. The highest BCUT2D eigenvalue weighted by Crippen LogP contribution is 2.37. The van der Waals surface area contributed by atoms with Gasteiger partial charge in [-0.1, -0.05) is 0 Å². The Hall–Kier alpha value is -2.89. The molecule has 3 aromatic heterocycles. The molecule has 9 nitrogen and oxygen atoms in total. The molecule has 2 atom stereocenters. The van der Waals surface area contributed by atoms with Crippen LogP contribution in [-0.2, 0) is 4.74 Å². The number of rotatable bonds is 4. The third-order valence-corrected chi connectivity index (χ3v) is 5.45. The molecule has 0 spiro atoms. The fraction of sp³-hybridized carbons (Fsp3) is 0.556. The van der Waals surface area contributed by atoms with E-state index in [0.29, 0.717) is 48.6 Å². The Morgan fingerprint density at radius 1 is 1.33 bits per heavy atom. The predicted molar refractivity (Wildman–Crippen MR) is 103 cm³/mol. The third-order valence-electron chi connectivity index (χ3n) is 5.45. The molecule has 12 heteroatoms. The Kier molecular flexibility index (Phi) is 4.72. The van der Waals surface area contributed by atoms with E-state index >= 15 is 0 Å². The largest absolute Gasteiger partial charge is 0.378 e. The number of anilines is 2. The third kappa shape index (κ3) is 3.55. The number of halogens is 3. The zero-order valence-electron chi connectivity index (χ0n) is 16.1. The average molecular weight is 422 g/mol. The number of piperidine rings is 1. The first-order chi connectivity index (χ1) is 14.5. The van der Waals surface area contributed by atoms with Crippen molar-refractivity contribution in [3.05, 3.63) is 18.7 Å². The van der Waals surface area contributed by atoms with Gasteiger partial charge in [0.2, 0.25) is 5.95 Å². The van der Waals surface area contributed by atoms with Crippen molar-refractivity contribution in [2.45, 2.75) is 37.4 Å². The predicted octanol–water partition coefficient (Wildman–Crippen LogP) is 2.29. The van der Waals surface area contributed by atoms with Crippen LogP contribution in [0.2, 0.25) is 0 Å². The number of aromatic nitrogens is 6. The van der Waals surface area contributed by atoms with Crippen LogP contribution in [-0.4, -0.2) is 74.2 Å². The second-order valence-electron chi connectivity index (χ2n) is 7.64. The van der Waals surface area contributed by atoms with E-state index in [4.69, 9.17) is 4.74 Å². The fourth-order valence-electron chi connectivity index (χ4n) is 3.98. The molecule has 2 aliphatic heterocycles. The number of fused-ring (bicyclic) bond motifs is 1. The topological polar surface area (TPSA) is 96.3 Å². The lowest BCUT2D eigenvalue weighted by atomic mass is 10.1. The zero-order chi connectivity index (χ0) is 20.7. The molecule has 0 amide bonds. The lowest BCUT2D eigenvalue weighted by molar-refractivity contribution is -0.0116. The van der Waals surface area contributed by atoms with Gasteiger partial charge in [0.1, 0.15) is 23.9 Å². The van der Waals surface area contributed by atoms with Gasteiger partial charge >= 0.3 is 0 Å². The molecule has 5 heterocycles. The van der Waals surface area contributed by atoms with Crippen LogP contribution in [0.1, 0.15) is 19.3 Å². The van der Waals surface area contributed by atoms with Crippen molar-refractivity contribution < 1.29 is 17.9 Å². The minimum absolute atomic E-state index is 0.0192. The van der Waals surface area contributed by atoms with E-state index in [2.05, 4.69) is 30.6 Å². The quantitative estimate of drug-likeness (QED) is 0.666. The van der Waals surface area contributed by atoms with Crippen molar-refractivity contribution in [2.24, 2.45) is 0 Å². The van der Waals surface area contributed by atoms with Crippen LogP contribution < -0.4 is 10.2 Å². The molecular formula is C18H21F3N8O. The van der Waals surface area contributed by atoms with Crippen molar-refractivity contribution in [3.8, 4) is 11.3 Å². The highest BCUT2D eigenvalue weighted by Gasteiger charge is 2.37. The van der Waals surface area contributed by atoms with Crippen LogP contribution in [0, 0.1) is 0 Å². The standard InChI is InChI=1S/C18H21F3N8O/c19-12-8-30-5-2-13(12)25-17-26-16-15(28-4-1-3-18(20,21)9-28)14(11-6-23-24-7-11)22-10-29(16)27-17/h6-7,10,12-13H,1-5,8-9H2,(H,23,24)(H,25,27)/t12-,13+/m1/s1. The number of ether oxygens (including phenoxy) is 1. The second kappa shape index (κ2) is 7.42. The summed E-state index contributed by atoms with van der Waals surface area (Å²) in [6, 6.07) is -0.472. The molecular weight excluding hydrogens is 401 g/mol. The molecule has 0 unspecified atom stereocenters. The SMILES string of the molecule is F[C@@H]1COCC[C@@H]1Nc1nc2c(N3CCCC(F)(F)C3)c(-c3cn[nH]c3)ncn2n1. The molecule has 2 N–H and O–H groups in total. The number of nitrogens with one attached hydrogen (secondary N) is 2.